The van der Waals surface area contributed by atoms with Crippen molar-refractivity contribution in [3.8, 4) is 0 Å². The molecule has 2 rings (SSSR count). The maximum atomic E-state index is 9.95. The summed E-state index contributed by atoms with van der Waals surface area (Å²) < 4.78 is 2.04. The van der Waals surface area contributed by atoms with Crippen molar-refractivity contribution in [1.29, 1.82) is 0 Å². The number of aromatic nitrogens is 2. The van der Waals surface area contributed by atoms with Gasteiger partial charge >= 0.3 is 0 Å². The Morgan fingerprint density at radius 1 is 1.44 bits per heavy atom. The molecule has 0 spiro atoms. The molecule has 1 heterocycles. The number of hydrogen-bond acceptors (Lipinski definition) is 2. The van der Waals surface area contributed by atoms with Gasteiger partial charge in [-0.3, -0.25) is 0 Å². The van der Waals surface area contributed by atoms with Gasteiger partial charge in [-0.05, 0) is 31.5 Å². The van der Waals surface area contributed by atoms with Crippen molar-refractivity contribution in [3.05, 3.63) is 29.6 Å². The molecule has 4 heteroatoms. The van der Waals surface area contributed by atoms with E-state index in [1.54, 1.807) is 0 Å². The summed E-state index contributed by atoms with van der Waals surface area (Å²) in [6.45, 7) is 3.90. The largest absolute Gasteiger partial charge is 0.387 e. The molecule has 1 aromatic heterocycles. The van der Waals surface area contributed by atoms with E-state index >= 15 is 0 Å². The molecule has 0 aliphatic heterocycles. The van der Waals surface area contributed by atoms with E-state index in [4.69, 9.17) is 0 Å². The van der Waals surface area contributed by atoms with Gasteiger partial charge in [0.2, 0.25) is 0 Å². The normalized spacial score (nSPS) is 15.3. The fraction of sp³-hybridized carbons (Fsp3) is 0.417. The zero-order valence-corrected chi connectivity index (χ0v) is 11.2. The Bertz CT molecular complexity index is 519. The Morgan fingerprint density at radius 3 is 2.75 bits per heavy atom. The lowest BCUT2D eigenvalue weighted by Gasteiger charge is -2.13. The number of hydrogen-bond donors (Lipinski definition) is 1. The van der Waals surface area contributed by atoms with Crippen LogP contribution in [0.2, 0.25) is 0 Å². The lowest BCUT2D eigenvalue weighted by atomic mass is 10.1. The number of rotatable bonds is 2. The first-order valence-corrected chi connectivity index (χ1v) is 6.17. The summed E-state index contributed by atoms with van der Waals surface area (Å²) in [5.74, 6) is 0.980. The van der Waals surface area contributed by atoms with Crippen molar-refractivity contribution in [2.75, 3.05) is 0 Å². The smallest absolute Gasteiger partial charge is 0.106 e. The maximum Gasteiger partial charge on any atom is 0.106 e. The van der Waals surface area contributed by atoms with Crippen LogP contribution in [0, 0.1) is 6.92 Å². The van der Waals surface area contributed by atoms with E-state index < -0.39 is 6.10 Å². The van der Waals surface area contributed by atoms with Crippen LogP contribution >= 0.6 is 15.9 Å². The predicted octanol–water partition coefficient (Wildman–Crippen LogP) is 2.70. The Balaban J connectivity index is 2.52. The van der Waals surface area contributed by atoms with E-state index in [0.717, 1.165) is 22.4 Å². The summed E-state index contributed by atoms with van der Waals surface area (Å²) in [6.07, 6.45) is -0.494. The van der Waals surface area contributed by atoms with E-state index in [9.17, 15) is 5.11 Å². The van der Waals surface area contributed by atoms with Crippen LogP contribution in [0.3, 0.4) is 0 Å². The first-order valence-electron chi connectivity index (χ1n) is 5.26. The van der Waals surface area contributed by atoms with Gasteiger partial charge in [-0.15, -0.1) is 0 Å². The molecule has 0 fully saturated rings. The molecular weight excluding hydrogens is 268 g/mol. The highest BCUT2D eigenvalue weighted by atomic mass is 79.9. The lowest BCUT2D eigenvalue weighted by Crippen LogP contribution is -2.07. The van der Waals surface area contributed by atoms with Crippen molar-refractivity contribution >= 4 is 27.0 Å². The molecular formula is C12H15BrN2O. The van der Waals surface area contributed by atoms with Crippen molar-refractivity contribution in [2.24, 2.45) is 7.05 Å². The van der Waals surface area contributed by atoms with E-state index in [-0.39, 0.29) is 4.83 Å². The summed E-state index contributed by atoms with van der Waals surface area (Å²) in [6, 6.07) is 5.90. The fourth-order valence-corrected chi connectivity index (χ4v) is 2.09. The lowest BCUT2D eigenvalue weighted by molar-refractivity contribution is 0.181. The molecule has 0 bridgehead atoms. The molecule has 0 saturated carbocycles. The maximum absolute atomic E-state index is 9.95. The number of imidazole rings is 1. The third kappa shape index (κ3) is 1.87. The zero-order valence-electron chi connectivity index (χ0n) is 9.61. The molecule has 16 heavy (non-hydrogen) atoms. The highest BCUT2D eigenvalue weighted by molar-refractivity contribution is 9.09. The topological polar surface area (TPSA) is 38.1 Å². The number of aliphatic hydroxyl groups excluding tert-OH is 1. The molecule has 0 aliphatic rings. The number of benzene rings is 1. The standard InChI is InChI=1S/C12H15BrN2O/c1-7(13)12(16)9-4-5-11-10(6-9)14-8(2)15(11)3/h4-7,12,16H,1-3H3. The zero-order chi connectivity index (χ0) is 11.9. The van der Waals surface area contributed by atoms with E-state index in [1.165, 1.54) is 0 Å². The van der Waals surface area contributed by atoms with Gasteiger partial charge in [0.15, 0.2) is 0 Å². The summed E-state index contributed by atoms with van der Waals surface area (Å²) in [7, 11) is 1.99. The molecule has 2 aromatic rings. The minimum Gasteiger partial charge on any atom is -0.387 e. The van der Waals surface area contributed by atoms with E-state index in [1.807, 2.05) is 43.7 Å². The summed E-state index contributed by atoms with van der Waals surface area (Å²) in [5, 5.41) is 9.95. The number of alkyl halides is 1. The van der Waals surface area contributed by atoms with Crippen LogP contribution in [0.15, 0.2) is 18.2 Å². The van der Waals surface area contributed by atoms with Crippen molar-refractivity contribution in [3.63, 3.8) is 0 Å². The quantitative estimate of drug-likeness (QED) is 0.860. The van der Waals surface area contributed by atoms with Gasteiger partial charge in [-0.25, -0.2) is 4.98 Å². The molecule has 1 N–H and O–H groups in total. The number of nitrogens with zero attached hydrogens (tertiary/aromatic N) is 2. The second-order valence-electron chi connectivity index (χ2n) is 4.09. The third-order valence-electron chi connectivity index (χ3n) is 2.91. The second kappa shape index (κ2) is 4.18. The first kappa shape index (κ1) is 11.6. The summed E-state index contributed by atoms with van der Waals surface area (Å²) in [4.78, 5) is 4.49. The Kier molecular flexibility index (Phi) is 3.04. The van der Waals surface area contributed by atoms with Gasteiger partial charge in [0.25, 0.3) is 0 Å². The SMILES string of the molecule is Cc1nc2cc(C(O)C(C)Br)ccc2n1C. The van der Waals surface area contributed by atoms with Gasteiger partial charge in [-0.1, -0.05) is 22.0 Å². The predicted molar refractivity (Wildman–Crippen MR) is 68.8 cm³/mol. The second-order valence-corrected chi connectivity index (χ2v) is 5.53. The van der Waals surface area contributed by atoms with Crippen LogP contribution in [0.1, 0.15) is 24.4 Å². The Labute approximate surface area is 103 Å². The number of halogens is 1. The first-order chi connectivity index (χ1) is 7.50. The minimum absolute atomic E-state index is 0.0368. The third-order valence-corrected chi connectivity index (χ3v) is 3.41. The average Bonchev–Trinajstić information content (AvgIpc) is 2.53. The van der Waals surface area contributed by atoms with Crippen molar-refractivity contribution in [2.45, 2.75) is 24.8 Å². The molecule has 0 saturated heterocycles. The van der Waals surface area contributed by atoms with Crippen LogP contribution in [-0.2, 0) is 7.05 Å². The fourth-order valence-electron chi connectivity index (χ4n) is 1.79. The summed E-state index contributed by atoms with van der Waals surface area (Å²) >= 11 is 3.38. The minimum atomic E-state index is -0.494. The van der Waals surface area contributed by atoms with E-state index in [0.29, 0.717) is 0 Å². The Morgan fingerprint density at radius 2 is 2.12 bits per heavy atom. The Hall–Kier alpha value is -0.870. The molecule has 1 aromatic carbocycles. The molecule has 2 unspecified atom stereocenters. The molecule has 0 aliphatic carbocycles. The molecule has 0 amide bonds. The van der Waals surface area contributed by atoms with Crippen LogP contribution in [0.4, 0.5) is 0 Å². The van der Waals surface area contributed by atoms with Crippen LogP contribution in [0.25, 0.3) is 11.0 Å². The number of fused-ring (bicyclic) bond motifs is 1. The van der Waals surface area contributed by atoms with E-state index in [2.05, 4.69) is 20.9 Å². The van der Waals surface area contributed by atoms with Crippen LogP contribution in [0.5, 0.6) is 0 Å². The van der Waals surface area contributed by atoms with Crippen molar-refractivity contribution in [1.82, 2.24) is 9.55 Å². The van der Waals surface area contributed by atoms with Crippen LogP contribution in [-0.4, -0.2) is 19.5 Å². The highest BCUT2D eigenvalue weighted by Crippen LogP contribution is 2.25. The highest BCUT2D eigenvalue weighted by Gasteiger charge is 2.14. The van der Waals surface area contributed by atoms with Gasteiger partial charge in [0, 0.05) is 11.9 Å². The molecule has 86 valence electrons. The van der Waals surface area contributed by atoms with Gasteiger partial charge in [0.05, 0.1) is 17.1 Å². The average molecular weight is 283 g/mol. The number of aliphatic hydroxyl groups is 1. The van der Waals surface area contributed by atoms with Crippen molar-refractivity contribution < 1.29 is 5.11 Å². The molecule has 3 nitrogen and oxygen atoms in total. The molecule has 0 radical (unpaired) electrons. The number of aryl methyl sites for hydroxylation is 2. The van der Waals surface area contributed by atoms with Gasteiger partial charge < -0.3 is 9.67 Å². The monoisotopic (exact) mass is 282 g/mol. The summed E-state index contributed by atoms with van der Waals surface area (Å²) in [5.41, 5.74) is 2.93. The van der Waals surface area contributed by atoms with Gasteiger partial charge in [-0.2, -0.15) is 0 Å². The molecule has 2 atom stereocenters. The van der Waals surface area contributed by atoms with Gasteiger partial charge in [0.1, 0.15) is 5.82 Å². The van der Waals surface area contributed by atoms with Crippen LogP contribution < -0.4 is 0 Å².